The van der Waals surface area contributed by atoms with Crippen LogP contribution in [0.5, 0.6) is 11.5 Å². The molecule has 2 aromatic carbocycles. The van der Waals surface area contributed by atoms with Gasteiger partial charge in [-0.05, 0) is 75.3 Å². The molecular formula is C24H32ClNO5. The third-order valence-electron chi connectivity index (χ3n) is 5.82. The fraction of sp³-hybridized carbons (Fsp3) is 0.458. The van der Waals surface area contributed by atoms with Gasteiger partial charge in [-0.3, -0.25) is 0 Å². The molecule has 1 fully saturated rings. The number of carbonyl (C=O) groups excluding carboxylic acids is 1. The molecule has 3 atom stereocenters. The van der Waals surface area contributed by atoms with Crippen LogP contribution in [0.25, 0.3) is 0 Å². The maximum Gasteiger partial charge on any atom is 0.338 e. The van der Waals surface area contributed by atoms with Crippen molar-refractivity contribution in [2.24, 2.45) is 5.92 Å². The second-order valence-electron chi connectivity index (χ2n) is 8.15. The normalized spacial score (nSPS) is 23.0. The molecule has 3 unspecified atom stereocenters. The van der Waals surface area contributed by atoms with E-state index in [4.69, 9.17) is 14.2 Å². The Kier molecular flexibility index (Phi) is 8.74. The Bertz CT molecular complexity index is 857. The summed E-state index contributed by atoms with van der Waals surface area (Å²) in [6.07, 6.45) is 1.46. The van der Waals surface area contributed by atoms with Crippen LogP contribution in [0, 0.1) is 5.92 Å². The van der Waals surface area contributed by atoms with Crippen LogP contribution in [0.4, 0.5) is 0 Å². The highest BCUT2D eigenvalue weighted by Gasteiger charge is 2.44. The van der Waals surface area contributed by atoms with Crippen molar-refractivity contribution in [1.82, 2.24) is 4.90 Å². The highest BCUT2D eigenvalue weighted by atomic mass is 35.5. The number of ether oxygens (including phenoxy) is 3. The first-order chi connectivity index (χ1) is 14.4. The average Bonchev–Trinajstić information content (AvgIpc) is 2.76. The van der Waals surface area contributed by atoms with E-state index < -0.39 is 5.60 Å². The van der Waals surface area contributed by atoms with Crippen molar-refractivity contribution < 1.29 is 24.1 Å². The number of nitrogens with zero attached hydrogens (tertiary/aromatic N) is 1. The molecule has 0 saturated heterocycles. The van der Waals surface area contributed by atoms with Gasteiger partial charge < -0.3 is 24.2 Å². The Labute approximate surface area is 190 Å². The molecule has 3 rings (SSSR count). The SMILES string of the molecule is COc1ccc(C(=O)OC2CCC(O)(c3cccc(OC)c3)C(CN(C)C)C2)cc1.Cl. The van der Waals surface area contributed by atoms with E-state index >= 15 is 0 Å². The molecule has 1 N–H and O–H groups in total. The smallest absolute Gasteiger partial charge is 0.338 e. The number of hydrogen-bond acceptors (Lipinski definition) is 6. The second-order valence-corrected chi connectivity index (χ2v) is 8.15. The van der Waals surface area contributed by atoms with Crippen molar-refractivity contribution in [3.05, 3.63) is 59.7 Å². The largest absolute Gasteiger partial charge is 0.497 e. The Morgan fingerprint density at radius 2 is 1.77 bits per heavy atom. The second kappa shape index (κ2) is 10.8. The van der Waals surface area contributed by atoms with Gasteiger partial charge in [0.05, 0.1) is 25.4 Å². The summed E-state index contributed by atoms with van der Waals surface area (Å²) < 4.78 is 16.3. The lowest BCUT2D eigenvalue weighted by atomic mass is 9.70. The van der Waals surface area contributed by atoms with E-state index in [0.717, 1.165) is 11.3 Å². The molecule has 0 heterocycles. The predicted molar refractivity (Wildman–Crippen MR) is 122 cm³/mol. The van der Waals surface area contributed by atoms with Gasteiger partial charge in [0.2, 0.25) is 0 Å². The molecule has 0 radical (unpaired) electrons. The van der Waals surface area contributed by atoms with E-state index in [0.29, 0.717) is 37.1 Å². The molecule has 0 bridgehead atoms. The molecule has 1 saturated carbocycles. The summed E-state index contributed by atoms with van der Waals surface area (Å²) in [4.78, 5) is 14.7. The zero-order valence-corrected chi connectivity index (χ0v) is 19.4. The fourth-order valence-electron chi connectivity index (χ4n) is 4.21. The number of aliphatic hydroxyl groups is 1. The van der Waals surface area contributed by atoms with E-state index in [2.05, 4.69) is 4.90 Å². The van der Waals surface area contributed by atoms with E-state index in [9.17, 15) is 9.90 Å². The van der Waals surface area contributed by atoms with Crippen LogP contribution in [0.1, 0.15) is 35.2 Å². The summed E-state index contributed by atoms with van der Waals surface area (Å²) in [7, 11) is 7.18. The van der Waals surface area contributed by atoms with Gasteiger partial charge >= 0.3 is 5.97 Å². The average molecular weight is 450 g/mol. The minimum atomic E-state index is -0.998. The zero-order chi connectivity index (χ0) is 21.7. The van der Waals surface area contributed by atoms with Crippen LogP contribution in [-0.4, -0.2) is 56.9 Å². The standard InChI is InChI=1S/C24H31NO5.ClH/c1-25(2)16-19-15-22(30-23(26)17-8-10-20(28-3)11-9-17)12-13-24(19,27)18-6-5-7-21(14-18)29-4;/h5-11,14,19,22,27H,12-13,15-16H2,1-4H3;1H. The monoisotopic (exact) mass is 449 g/mol. The highest BCUT2D eigenvalue weighted by molar-refractivity contribution is 5.89. The lowest BCUT2D eigenvalue weighted by Crippen LogP contribution is -2.47. The summed E-state index contributed by atoms with van der Waals surface area (Å²) >= 11 is 0. The summed E-state index contributed by atoms with van der Waals surface area (Å²) in [6, 6.07) is 14.5. The minimum absolute atomic E-state index is 0. The minimum Gasteiger partial charge on any atom is -0.497 e. The third kappa shape index (κ3) is 5.91. The Morgan fingerprint density at radius 1 is 1.10 bits per heavy atom. The first-order valence-corrected chi connectivity index (χ1v) is 10.2. The van der Waals surface area contributed by atoms with Crippen LogP contribution in [0.3, 0.4) is 0 Å². The Balaban J connectivity index is 0.00000341. The summed E-state index contributed by atoms with van der Waals surface area (Å²) in [6.45, 7) is 0.685. The van der Waals surface area contributed by atoms with Crippen molar-refractivity contribution in [2.45, 2.75) is 31.0 Å². The molecule has 170 valence electrons. The number of rotatable bonds is 7. The molecule has 1 aliphatic rings. The number of halogens is 1. The summed E-state index contributed by atoms with van der Waals surface area (Å²) in [5, 5.41) is 11.7. The topological polar surface area (TPSA) is 68.2 Å². The van der Waals surface area contributed by atoms with Crippen LogP contribution >= 0.6 is 12.4 Å². The van der Waals surface area contributed by atoms with Gasteiger partial charge in [-0.1, -0.05) is 12.1 Å². The van der Waals surface area contributed by atoms with E-state index in [1.165, 1.54) is 0 Å². The highest BCUT2D eigenvalue weighted by Crippen LogP contribution is 2.43. The fourth-order valence-corrected chi connectivity index (χ4v) is 4.21. The van der Waals surface area contributed by atoms with Gasteiger partial charge in [-0.25, -0.2) is 4.79 Å². The number of methoxy groups -OCH3 is 2. The van der Waals surface area contributed by atoms with E-state index in [1.807, 2.05) is 38.4 Å². The van der Waals surface area contributed by atoms with Gasteiger partial charge in [0.25, 0.3) is 0 Å². The number of esters is 1. The molecule has 1 aliphatic carbocycles. The number of hydrogen-bond donors (Lipinski definition) is 1. The van der Waals surface area contributed by atoms with E-state index in [-0.39, 0.29) is 30.4 Å². The van der Waals surface area contributed by atoms with E-state index in [1.54, 1.807) is 38.5 Å². The molecular weight excluding hydrogens is 418 g/mol. The van der Waals surface area contributed by atoms with Gasteiger partial charge in [-0.15, -0.1) is 12.4 Å². The van der Waals surface area contributed by atoms with Gasteiger partial charge in [0, 0.05) is 12.5 Å². The van der Waals surface area contributed by atoms with Gasteiger partial charge in [0.1, 0.15) is 17.6 Å². The Morgan fingerprint density at radius 3 is 2.39 bits per heavy atom. The maximum atomic E-state index is 12.6. The molecule has 6 nitrogen and oxygen atoms in total. The summed E-state index contributed by atoms with van der Waals surface area (Å²) in [5.74, 6) is 0.983. The first kappa shape index (κ1) is 25.0. The first-order valence-electron chi connectivity index (χ1n) is 10.2. The van der Waals surface area contributed by atoms with Crippen molar-refractivity contribution in [1.29, 1.82) is 0 Å². The van der Waals surface area contributed by atoms with Crippen molar-refractivity contribution in [3.8, 4) is 11.5 Å². The van der Waals surface area contributed by atoms with Gasteiger partial charge in [-0.2, -0.15) is 0 Å². The Hall–Kier alpha value is -2.28. The molecule has 0 aromatic heterocycles. The van der Waals surface area contributed by atoms with Crippen LogP contribution in [-0.2, 0) is 10.3 Å². The van der Waals surface area contributed by atoms with Crippen molar-refractivity contribution >= 4 is 18.4 Å². The molecule has 31 heavy (non-hydrogen) atoms. The van der Waals surface area contributed by atoms with Crippen LogP contribution in [0.2, 0.25) is 0 Å². The van der Waals surface area contributed by atoms with Crippen LogP contribution in [0.15, 0.2) is 48.5 Å². The molecule has 7 heteroatoms. The number of carbonyl (C=O) groups is 1. The lowest BCUT2D eigenvalue weighted by Gasteiger charge is -2.44. The molecule has 0 aliphatic heterocycles. The molecule has 2 aromatic rings. The van der Waals surface area contributed by atoms with Crippen molar-refractivity contribution in [3.63, 3.8) is 0 Å². The predicted octanol–water partition coefficient (Wildman–Crippen LogP) is 3.90. The quantitative estimate of drug-likeness (QED) is 0.646. The number of benzene rings is 2. The maximum absolute atomic E-state index is 12.6. The lowest BCUT2D eigenvalue weighted by molar-refractivity contribution is -0.0960. The molecule has 0 spiro atoms. The van der Waals surface area contributed by atoms with Gasteiger partial charge in [0.15, 0.2) is 0 Å². The molecule has 0 amide bonds. The zero-order valence-electron chi connectivity index (χ0n) is 18.5. The summed E-state index contributed by atoms with van der Waals surface area (Å²) in [5.41, 5.74) is 0.337. The third-order valence-corrected chi connectivity index (χ3v) is 5.82. The van der Waals surface area contributed by atoms with Crippen LogP contribution < -0.4 is 9.47 Å². The van der Waals surface area contributed by atoms with Crippen molar-refractivity contribution in [2.75, 3.05) is 34.9 Å².